The monoisotopic (exact) mass is 318 g/mol. The molecule has 0 radical (unpaired) electrons. The largest absolute Gasteiger partial charge is 0.381 e. The molecule has 3 rings (SSSR count). The predicted octanol–water partition coefficient (Wildman–Crippen LogP) is 3.40. The molecule has 1 aliphatic heterocycles. The van der Waals surface area contributed by atoms with Crippen LogP contribution in [0.1, 0.15) is 39.5 Å². The molecule has 4 heteroatoms. The fraction of sp³-hybridized carbons (Fsp3) is 0.684. The van der Waals surface area contributed by atoms with E-state index in [0.717, 1.165) is 45.4 Å². The molecule has 2 fully saturated rings. The number of para-hydroxylation sites is 1. The molecular formula is C19H30N2O2. The van der Waals surface area contributed by atoms with Gasteiger partial charge in [-0.25, -0.2) is 0 Å². The molecule has 128 valence electrons. The molecule has 2 aliphatic rings. The minimum absolute atomic E-state index is 0.252. The molecule has 1 unspecified atom stereocenters. The lowest BCUT2D eigenvalue weighted by Crippen LogP contribution is -2.46. The van der Waals surface area contributed by atoms with Crippen LogP contribution >= 0.6 is 0 Å². The second-order valence-corrected chi connectivity index (χ2v) is 7.15. The summed E-state index contributed by atoms with van der Waals surface area (Å²) in [4.78, 5) is 0. The van der Waals surface area contributed by atoms with Gasteiger partial charge >= 0.3 is 0 Å². The van der Waals surface area contributed by atoms with Gasteiger partial charge in [0.1, 0.15) is 0 Å². The summed E-state index contributed by atoms with van der Waals surface area (Å²) < 4.78 is 11.6. The molecule has 1 saturated heterocycles. The van der Waals surface area contributed by atoms with Crippen LogP contribution in [-0.2, 0) is 9.47 Å². The number of hydrogen-bond donors (Lipinski definition) is 2. The summed E-state index contributed by atoms with van der Waals surface area (Å²) >= 11 is 0. The van der Waals surface area contributed by atoms with Crippen LogP contribution in [0.25, 0.3) is 0 Å². The first-order valence-electron chi connectivity index (χ1n) is 9.00. The average molecular weight is 318 g/mol. The third-order valence-corrected chi connectivity index (χ3v) is 5.12. The van der Waals surface area contributed by atoms with E-state index in [0.29, 0.717) is 18.0 Å². The van der Waals surface area contributed by atoms with Crippen LogP contribution in [0.5, 0.6) is 0 Å². The van der Waals surface area contributed by atoms with Crippen molar-refractivity contribution in [3.8, 4) is 0 Å². The van der Waals surface area contributed by atoms with Crippen molar-refractivity contribution in [1.29, 1.82) is 0 Å². The second-order valence-electron chi connectivity index (χ2n) is 7.15. The third kappa shape index (κ3) is 4.46. The molecule has 1 spiro atoms. The highest BCUT2D eigenvalue weighted by atomic mass is 16.7. The molecule has 2 N–H and O–H groups in total. The van der Waals surface area contributed by atoms with Crippen LogP contribution in [0, 0.1) is 5.92 Å². The smallest absolute Gasteiger partial charge is 0.168 e. The lowest BCUT2D eigenvalue weighted by atomic mass is 9.89. The fourth-order valence-corrected chi connectivity index (χ4v) is 3.54. The van der Waals surface area contributed by atoms with E-state index in [-0.39, 0.29) is 5.79 Å². The number of ether oxygens (including phenoxy) is 2. The maximum Gasteiger partial charge on any atom is 0.168 e. The van der Waals surface area contributed by atoms with Crippen LogP contribution in [0.4, 0.5) is 5.69 Å². The normalized spacial score (nSPS) is 22.6. The van der Waals surface area contributed by atoms with E-state index in [1.165, 1.54) is 5.69 Å². The van der Waals surface area contributed by atoms with Gasteiger partial charge in [-0.3, -0.25) is 0 Å². The van der Waals surface area contributed by atoms with Crippen molar-refractivity contribution in [2.75, 3.05) is 25.1 Å². The Balaban J connectivity index is 1.46. The molecular weight excluding hydrogens is 288 g/mol. The van der Waals surface area contributed by atoms with Crippen molar-refractivity contribution in [2.24, 2.45) is 5.92 Å². The standard InChI is InChI=1S/C19H30N2O2/c1-15(2)18(21-17-6-4-3-5-7-17)14-20-16-8-10-19(11-9-16)22-12-13-23-19/h3-7,15-16,18,20-21H,8-14H2,1-2H3. The second kappa shape index (κ2) is 7.65. The zero-order valence-electron chi connectivity index (χ0n) is 14.4. The topological polar surface area (TPSA) is 42.5 Å². The van der Waals surface area contributed by atoms with E-state index in [9.17, 15) is 0 Å². The molecule has 1 aliphatic carbocycles. The quantitative estimate of drug-likeness (QED) is 0.843. The van der Waals surface area contributed by atoms with Gasteiger partial charge in [0.05, 0.1) is 13.2 Å². The molecule has 4 nitrogen and oxygen atoms in total. The maximum absolute atomic E-state index is 5.81. The minimum atomic E-state index is -0.252. The van der Waals surface area contributed by atoms with Gasteiger partial charge in [0.15, 0.2) is 5.79 Å². The van der Waals surface area contributed by atoms with Gasteiger partial charge in [-0.1, -0.05) is 32.0 Å². The average Bonchev–Trinajstić information content (AvgIpc) is 3.02. The number of benzene rings is 1. The lowest BCUT2D eigenvalue weighted by Gasteiger charge is -2.36. The molecule has 0 aromatic heterocycles. The third-order valence-electron chi connectivity index (χ3n) is 5.12. The van der Waals surface area contributed by atoms with Crippen molar-refractivity contribution in [3.05, 3.63) is 30.3 Å². The molecule has 1 atom stereocenters. The van der Waals surface area contributed by atoms with Gasteiger partial charge in [-0.15, -0.1) is 0 Å². The van der Waals surface area contributed by atoms with Crippen LogP contribution in [0.3, 0.4) is 0 Å². The Morgan fingerprint density at radius 2 is 1.74 bits per heavy atom. The summed E-state index contributed by atoms with van der Waals surface area (Å²) in [5.41, 5.74) is 1.20. The zero-order valence-corrected chi connectivity index (χ0v) is 14.4. The van der Waals surface area contributed by atoms with Gasteiger partial charge in [-0.05, 0) is 30.9 Å². The number of nitrogens with one attached hydrogen (secondary N) is 2. The maximum atomic E-state index is 5.81. The predicted molar refractivity (Wildman–Crippen MR) is 93.6 cm³/mol. The molecule has 0 bridgehead atoms. The van der Waals surface area contributed by atoms with Gasteiger partial charge < -0.3 is 20.1 Å². The fourth-order valence-electron chi connectivity index (χ4n) is 3.54. The van der Waals surface area contributed by atoms with Crippen molar-refractivity contribution in [3.63, 3.8) is 0 Å². The highest BCUT2D eigenvalue weighted by Crippen LogP contribution is 2.35. The molecule has 0 amide bonds. The number of rotatable bonds is 6. The Hall–Kier alpha value is -1.10. The highest BCUT2D eigenvalue weighted by Gasteiger charge is 2.40. The van der Waals surface area contributed by atoms with Crippen molar-refractivity contribution >= 4 is 5.69 Å². The first-order valence-corrected chi connectivity index (χ1v) is 9.00. The summed E-state index contributed by atoms with van der Waals surface area (Å²) in [5, 5.41) is 7.41. The minimum Gasteiger partial charge on any atom is -0.381 e. The van der Waals surface area contributed by atoms with Crippen LogP contribution in [0.2, 0.25) is 0 Å². The van der Waals surface area contributed by atoms with E-state index in [4.69, 9.17) is 9.47 Å². The first kappa shape index (κ1) is 16.7. The Labute approximate surface area is 139 Å². The van der Waals surface area contributed by atoms with E-state index in [1.54, 1.807) is 0 Å². The summed E-state index contributed by atoms with van der Waals surface area (Å²) in [6, 6.07) is 11.5. The van der Waals surface area contributed by atoms with Crippen molar-refractivity contribution in [2.45, 2.75) is 57.4 Å². The van der Waals surface area contributed by atoms with Gasteiger partial charge in [-0.2, -0.15) is 0 Å². The van der Waals surface area contributed by atoms with Crippen molar-refractivity contribution in [1.82, 2.24) is 5.32 Å². The van der Waals surface area contributed by atoms with Crippen LogP contribution in [0.15, 0.2) is 30.3 Å². The molecule has 1 aromatic carbocycles. The molecule has 1 heterocycles. The molecule has 1 aromatic rings. The Kier molecular flexibility index (Phi) is 5.57. The Bertz CT molecular complexity index is 462. The van der Waals surface area contributed by atoms with Crippen LogP contribution < -0.4 is 10.6 Å². The summed E-state index contributed by atoms with van der Waals surface area (Å²) in [7, 11) is 0. The van der Waals surface area contributed by atoms with E-state index >= 15 is 0 Å². The van der Waals surface area contributed by atoms with E-state index in [1.807, 2.05) is 0 Å². The zero-order chi connectivity index (χ0) is 16.1. The first-order chi connectivity index (χ1) is 11.2. The number of hydrogen-bond acceptors (Lipinski definition) is 4. The van der Waals surface area contributed by atoms with E-state index in [2.05, 4.69) is 54.8 Å². The lowest BCUT2D eigenvalue weighted by molar-refractivity contribution is -0.179. The van der Waals surface area contributed by atoms with Gasteiger partial charge in [0.2, 0.25) is 0 Å². The van der Waals surface area contributed by atoms with Crippen molar-refractivity contribution < 1.29 is 9.47 Å². The van der Waals surface area contributed by atoms with E-state index < -0.39 is 0 Å². The number of anilines is 1. The Morgan fingerprint density at radius 3 is 2.35 bits per heavy atom. The van der Waals surface area contributed by atoms with Crippen LogP contribution in [-0.4, -0.2) is 37.6 Å². The molecule has 1 saturated carbocycles. The summed E-state index contributed by atoms with van der Waals surface area (Å²) in [6.45, 7) is 7.06. The highest BCUT2D eigenvalue weighted by molar-refractivity contribution is 5.43. The summed E-state index contributed by atoms with van der Waals surface area (Å²) in [6.07, 6.45) is 4.30. The molecule has 23 heavy (non-hydrogen) atoms. The van der Waals surface area contributed by atoms with Gasteiger partial charge in [0, 0.05) is 37.2 Å². The summed E-state index contributed by atoms with van der Waals surface area (Å²) in [5.74, 6) is 0.330. The van der Waals surface area contributed by atoms with Gasteiger partial charge in [0.25, 0.3) is 0 Å². The SMILES string of the molecule is CC(C)C(CNC1CCC2(CC1)OCCO2)Nc1ccccc1. The Morgan fingerprint density at radius 1 is 1.09 bits per heavy atom.